The van der Waals surface area contributed by atoms with E-state index in [1.807, 2.05) is 6.92 Å². The van der Waals surface area contributed by atoms with Crippen molar-refractivity contribution in [2.24, 2.45) is 0 Å². The second-order valence-corrected chi connectivity index (χ2v) is 21.6. The predicted molar refractivity (Wildman–Crippen MR) is 225 cm³/mol. The van der Waals surface area contributed by atoms with Crippen LogP contribution in [0.5, 0.6) is 0 Å². The zero-order valence-electron chi connectivity index (χ0n) is 38.3. The molecule has 53 heavy (non-hydrogen) atoms. The first-order valence-corrected chi connectivity index (χ1v) is 20.9. The van der Waals surface area contributed by atoms with E-state index in [4.69, 9.17) is 18.9 Å². The van der Waals surface area contributed by atoms with Crippen molar-refractivity contribution < 1.29 is 28.5 Å². The molecular formula is C42H86N4O6S. The summed E-state index contributed by atoms with van der Waals surface area (Å²) in [5, 5.41) is -0.210. The van der Waals surface area contributed by atoms with Gasteiger partial charge in [-0.05, 0) is 138 Å². The number of hydrogen-bond donors (Lipinski definition) is 0. The van der Waals surface area contributed by atoms with Crippen molar-refractivity contribution in [1.82, 2.24) is 19.6 Å². The Labute approximate surface area is 332 Å². The van der Waals surface area contributed by atoms with Gasteiger partial charge in [0.1, 0.15) is 13.2 Å². The van der Waals surface area contributed by atoms with Crippen LogP contribution in [-0.4, -0.2) is 154 Å². The Hall–Kier alpha value is -0.790. The molecule has 0 aliphatic carbocycles. The van der Waals surface area contributed by atoms with Gasteiger partial charge in [-0.15, -0.1) is 0 Å². The zero-order valence-corrected chi connectivity index (χ0v) is 39.1. The maximum atomic E-state index is 12.4. The first kappa shape index (κ1) is 52.2. The lowest BCUT2D eigenvalue weighted by Crippen LogP contribution is -2.57. The Kier molecular flexibility index (Phi) is 21.9. The average molecular weight is 775 g/mol. The molecule has 0 fully saturated rings. The summed E-state index contributed by atoms with van der Waals surface area (Å²) in [4.78, 5) is 34.7. The molecule has 0 aliphatic heterocycles. The highest BCUT2D eigenvalue weighted by Crippen LogP contribution is 2.27. The molecule has 0 saturated heterocycles. The minimum absolute atomic E-state index is 0.0121. The number of carbonyl (C=O) groups is 2. The van der Waals surface area contributed by atoms with Crippen molar-refractivity contribution in [1.29, 1.82) is 0 Å². The first-order valence-electron chi connectivity index (χ1n) is 19.9. The van der Waals surface area contributed by atoms with E-state index in [-0.39, 0.29) is 69.5 Å². The van der Waals surface area contributed by atoms with Crippen molar-refractivity contribution >= 4 is 22.8 Å². The van der Waals surface area contributed by atoms with E-state index in [1.165, 1.54) is 0 Å². The molecule has 0 heterocycles. The van der Waals surface area contributed by atoms with E-state index in [1.54, 1.807) is 0 Å². The molecule has 0 saturated carbocycles. The molecule has 2 atom stereocenters. The van der Waals surface area contributed by atoms with Crippen LogP contribution in [0.4, 0.5) is 0 Å². The van der Waals surface area contributed by atoms with Crippen LogP contribution in [0.1, 0.15) is 138 Å². The van der Waals surface area contributed by atoms with E-state index >= 15 is 0 Å². The molecule has 0 aromatic rings. The molecule has 0 N–H and O–H groups in total. The van der Waals surface area contributed by atoms with Crippen LogP contribution < -0.4 is 0 Å². The van der Waals surface area contributed by atoms with Gasteiger partial charge in [-0.2, -0.15) is 0 Å². The summed E-state index contributed by atoms with van der Waals surface area (Å²) in [6, 6.07) is 0. The smallest absolute Gasteiger partial charge is 0.316 e. The Morgan fingerprint density at radius 3 is 1.42 bits per heavy atom. The minimum Gasteiger partial charge on any atom is -0.463 e. The van der Waals surface area contributed by atoms with E-state index in [9.17, 15) is 9.59 Å². The Morgan fingerprint density at radius 2 is 0.981 bits per heavy atom. The second-order valence-electron chi connectivity index (χ2n) is 20.5. The SMILES string of the molecule is CC(COCCN(CCN(C(C)(C)C)C(C)(C)C)C(C)(C)C)OCC(=O)SCC(=O)OCCOC(C)CN(CCN(C(C)(C)C)C(C)(C)C)C(C)(C)C. The second kappa shape index (κ2) is 22.2. The lowest BCUT2D eigenvalue weighted by atomic mass is 9.95. The van der Waals surface area contributed by atoms with Crippen LogP contribution in [0.15, 0.2) is 0 Å². The molecular weight excluding hydrogens is 689 g/mol. The van der Waals surface area contributed by atoms with Crippen molar-refractivity contribution in [3.8, 4) is 0 Å². The quantitative estimate of drug-likeness (QED) is 0.0805. The highest BCUT2D eigenvalue weighted by atomic mass is 32.2. The van der Waals surface area contributed by atoms with Gasteiger partial charge in [-0.3, -0.25) is 29.2 Å². The zero-order chi connectivity index (χ0) is 41.6. The van der Waals surface area contributed by atoms with Gasteiger partial charge in [0.25, 0.3) is 0 Å². The summed E-state index contributed by atoms with van der Waals surface area (Å²) in [6.45, 7) is 51.3. The van der Waals surface area contributed by atoms with Gasteiger partial charge in [0.2, 0.25) is 5.12 Å². The average Bonchev–Trinajstić information content (AvgIpc) is 2.94. The summed E-state index contributed by atoms with van der Waals surface area (Å²) < 4.78 is 23.0. The number of ether oxygens (including phenoxy) is 4. The van der Waals surface area contributed by atoms with Crippen molar-refractivity contribution in [2.45, 2.75) is 184 Å². The van der Waals surface area contributed by atoms with Crippen LogP contribution in [0.25, 0.3) is 0 Å². The van der Waals surface area contributed by atoms with Crippen molar-refractivity contribution in [3.05, 3.63) is 0 Å². The lowest BCUT2D eigenvalue weighted by molar-refractivity contribution is -0.142. The third-order valence-electron chi connectivity index (χ3n) is 9.24. The normalized spacial score (nSPS) is 15.2. The first-order chi connectivity index (χ1) is 23.8. The van der Waals surface area contributed by atoms with Crippen LogP contribution in [0.2, 0.25) is 0 Å². The molecule has 0 amide bonds. The third kappa shape index (κ3) is 23.1. The molecule has 0 aromatic heterocycles. The van der Waals surface area contributed by atoms with Gasteiger partial charge >= 0.3 is 5.97 Å². The molecule has 0 aromatic carbocycles. The van der Waals surface area contributed by atoms with Gasteiger partial charge < -0.3 is 18.9 Å². The summed E-state index contributed by atoms with van der Waals surface area (Å²) >= 11 is 0.918. The standard InChI is InChI=1S/C42H86N4O6S/c1-33(29-44(38(6,7)8)22-24-46(41(15,16)17)42(18,19)20)50-27-28-51-35(47)32-53-36(48)31-52-34(2)30-49-26-25-43(37(3,4)5)21-23-45(39(9,10)11)40(12,13)14/h33-34H,21-32H2,1-20H3. The number of nitrogens with zero attached hydrogens (tertiary/aromatic N) is 4. The minimum atomic E-state index is -0.437. The molecule has 0 spiro atoms. The molecule has 2 unspecified atom stereocenters. The molecule has 10 nitrogen and oxygen atoms in total. The van der Waals surface area contributed by atoms with Crippen LogP contribution in [0.3, 0.4) is 0 Å². The van der Waals surface area contributed by atoms with Gasteiger partial charge in [-0.1, -0.05) is 11.8 Å². The molecule has 0 radical (unpaired) electrons. The maximum Gasteiger partial charge on any atom is 0.316 e. The summed E-state index contributed by atoms with van der Waals surface area (Å²) in [5.41, 5.74) is 0.274. The molecule has 0 rings (SSSR count). The van der Waals surface area contributed by atoms with Crippen LogP contribution in [-0.2, 0) is 28.5 Å². The van der Waals surface area contributed by atoms with E-state index in [2.05, 4.69) is 151 Å². The van der Waals surface area contributed by atoms with Gasteiger partial charge in [-0.25, -0.2) is 0 Å². The lowest BCUT2D eigenvalue weighted by Gasteiger charge is -2.47. The Bertz CT molecular complexity index is 1020. The number of esters is 1. The number of hydrogen-bond acceptors (Lipinski definition) is 11. The Balaban J connectivity index is 4.50. The van der Waals surface area contributed by atoms with Crippen molar-refractivity contribution in [2.75, 3.05) is 78.1 Å². The highest BCUT2D eigenvalue weighted by molar-refractivity contribution is 8.14. The van der Waals surface area contributed by atoms with E-state index < -0.39 is 5.97 Å². The predicted octanol–water partition coefficient (Wildman–Crippen LogP) is 7.62. The Morgan fingerprint density at radius 1 is 0.528 bits per heavy atom. The van der Waals surface area contributed by atoms with Crippen LogP contribution >= 0.6 is 11.8 Å². The number of carbonyl (C=O) groups excluding carboxylic acids is 2. The highest BCUT2D eigenvalue weighted by Gasteiger charge is 2.34. The monoisotopic (exact) mass is 775 g/mol. The fraction of sp³-hybridized carbons (Fsp3) is 0.952. The van der Waals surface area contributed by atoms with Crippen molar-refractivity contribution in [3.63, 3.8) is 0 Å². The van der Waals surface area contributed by atoms with E-state index in [0.29, 0.717) is 19.8 Å². The molecule has 11 heteroatoms. The number of rotatable bonds is 22. The summed E-state index contributed by atoms with van der Waals surface area (Å²) in [7, 11) is 0. The fourth-order valence-corrected chi connectivity index (χ4v) is 7.47. The topological polar surface area (TPSA) is 84.0 Å². The maximum absolute atomic E-state index is 12.4. The van der Waals surface area contributed by atoms with Crippen LogP contribution in [0, 0.1) is 0 Å². The molecule has 0 bridgehead atoms. The summed E-state index contributed by atoms with van der Waals surface area (Å²) in [6.07, 6.45) is -0.268. The summed E-state index contributed by atoms with van der Waals surface area (Å²) in [5.74, 6) is -0.489. The fourth-order valence-electron chi connectivity index (χ4n) is 6.95. The van der Waals surface area contributed by atoms with Gasteiger partial charge in [0.05, 0.1) is 37.8 Å². The van der Waals surface area contributed by atoms with Gasteiger partial charge in [0, 0.05) is 72.5 Å². The largest absolute Gasteiger partial charge is 0.463 e. The number of thioether (sulfide) groups is 1. The van der Waals surface area contributed by atoms with Gasteiger partial charge in [0.15, 0.2) is 0 Å². The molecule has 0 aliphatic rings. The molecule has 316 valence electrons. The van der Waals surface area contributed by atoms with E-state index in [0.717, 1.165) is 51.0 Å². The third-order valence-corrected chi connectivity index (χ3v) is 10.1.